The average molecular weight is 433 g/mol. The summed E-state index contributed by atoms with van der Waals surface area (Å²) in [6.45, 7) is 0. The topological polar surface area (TPSA) is 115 Å². The van der Waals surface area contributed by atoms with Crippen molar-refractivity contribution in [3.63, 3.8) is 0 Å². The minimum Gasteiger partial charge on any atom is -0.355 e. The second-order valence-corrected chi connectivity index (χ2v) is 9.44. The van der Waals surface area contributed by atoms with Crippen LogP contribution in [-0.4, -0.2) is 35.1 Å². The molecule has 0 bridgehead atoms. The molecule has 142 valence electrons. The van der Waals surface area contributed by atoms with Gasteiger partial charge in [0.15, 0.2) is 27.1 Å². The molecular weight excluding hydrogens is 420 g/mol. The number of nitrogens with zero attached hydrogens (tertiary/aromatic N) is 3. The van der Waals surface area contributed by atoms with Gasteiger partial charge in [0.25, 0.3) is 5.91 Å². The first-order valence-electron chi connectivity index (χ1n) is 7.86. The van der Waals surface area contributed by atoms with Gasteiger partial charge in [0, 0.05) is 29.4 Å². The van der Waals surface area contributed by atoms with Gasteiger partial charge in [0.1, 0.15) is 0 Å². The minimum atomic E-state index is -3.27. The van der Waals surface area contributed by atoms with E-state index in [1.807, 2.05) is 17.5 Å². The van der Waals surface area contributed by atoms with Gasteiger partial charge in [-0.05, 0) is 35.7 Å². The Morgan fingerprint density at radius 2 is 1.96 bits per heavy atom. The zero-order valence-electron chi connectivity index (χ0n) is 14.3. The van der Waals surface area contributed by atoms with Crippen LogP contribution in [0.3, 0.4) is 0 Å². The van der Waals surface area contributed by atoms with Gasteiger partial charge in [0.05, 0.1) is 9.77 Å². The van der Waals surface area contributed by atoms with E-state index < -0.39 is 15.7 Å². The maximum absolute atomic E-state index is 12.3. The number of hydrogen-bond acceptors (Lipinski definition) is 9. The van der Waals surface area contributed by atoms with Crippen molar-refractivity contribution in [2.45, 2.75) is 4.90 Å². The number of hydrogen-bond donors (Lipinski definition) is 1. The standard InChI is InChI=1S/C17H12N4O4S3/c1-28(23,24)11-6-4-10(5-7-11)15-18-17(27-21-15)19-16(22)12-9-13(25-20-12)14-3-2-8-26-14/h2-9H,1H3,(H,18,19,21,22). The van der Waals surface area contributed by atoms with Crippen LogP contribution in [0.4, 0.5) is 5.13 Å². The van der Waals surface area contributed by atoms with Crippen LogP contribution in [0.1, 0.15) is 10.5 Å². The average Bonchev–Trinajstić information content (AvgIpc) is 3.41. The van der Waals surface area contributed by atoms with E-state index in [1.54, 1.807) is 18.2 Å². The summed E-state index contributed by atoms with van der Waals surface area (Å²) in [6, 6.07) is 11.5. The first-order chi connectivity index (χ1) is 13.4. The van der Waals surface area contributed by atoms with Crippen LogP contribution < -0.4 is 5.32 Å². The second kappa shape index (κ2) is 7.26. The molecule has 3 heterocycles. The summed E-state index contributed by atoms with van der Waals surface area (Å²) >= 11 is 2.50. The molecule has 0 saturated heterocycles. The van der Waals surface area contributed by atoms with Crippen LogP contribution in [0.15, 0.2) is 57.3 Å². The zero-order chi connectivity index (χ0) is 19.7. The largest absolute Gasteiger partial charge is 0.355 e. The Labute approximate surface area is 167 Å². The Bertz CT molecular complexity index is 1230. The molecule has 0 radical (unpaired) electrons. The number of thiophene rings is 1. The van der Waals surface area contributed by atoms with E-state index in [1.165, 1.54) is 23.5 Å². The summed E-state index contributed by atoms with van der Waals surface area (Å²) in [7, 11) is -3.27. The van der Waals surface area contributed by atoms with Gasteiger partial charge < -0.3 is 4.52 Å². The lowest BCUT2D eigenvalue weighted by atomic mass is 10.2. The van der Waals surface area contributed by atoms with Crippen molar-refractivity contribution < 1.29 is 17.7 Å². The molecule has 11 heteroatoms. The molecule has 0 spiro atoms. The number of benzene rings is 1. The quantitative estimate of drug-likeness (QED) is 0.512. The third-order valence-corrected chi connectivity index (χ3v) is 6.34. The summed E-state index contributed by atoms with van der Waals surface area (Å²) in [4.78, 5) is 17.7. The van der Waals surface area contributed by atoms with Crippen molar-refractivity contribution in [1.29, 1.82) is 0 Å². The van der Waals surface area contributed by atoms with Gasteiger partial charge in [0.2, 0.25) is 5.13 Å². The van der Waals surface area contributed by atoms with Crippen molar-refractivity contribution in [3.05, 3.63) is 53.5 Å². The van der Waals surface area contributed by atoms with Crippen molar-refractivity contribution in [2.75, 3.05) is 11.6 Å². The number of aromatic nitrogens is 3. The molecule has 0 fully saturated rings. The number of nitrogens with one attached hydrogen (secondary N) is 1. The molecule has 28 heavy (non-hydrogen) atoms. The van der Waals surface area contributed by atoms with E-state index in [9.17, 15) is 13.2 Å². The fourth-order valence-corrected chi connectivity index (χ4v) is 4.21. The van der Waals surface area contributed by atoms with Gasteiger partial charge in [-0.1, -0.05) is 11.2 Å². The lowest BCUT2D eigenvalue weighted by Crippen LogP contribution is -2.11. The van der Waals surface area contributed by atoms with E-state index in [0.29, 0.717) is 22.3 Å². The number of amides is 1. The molecule has 4 rings (SSSR count). The number of sulfone groups is 1. The number of anilines is 1. The molecule has 4 aromatic rings. The third-order valence-electron chi connectivity index (χ3n) is 3.69. The Kier molecular flexibility index (Phi) is 4.79. The van der Waals surface area contributed by atoms with Crippen LogP contribution in [-0.2, 0) is 9.84 Å². The zero-order valence-corrected chi connectivity index (χ0v) is 16.8. The smallest absolute Gasteiger partial charge is 0.279 e. The normalized spacial score (nSPS) is 11.5. The molecule has 1 N–H and O–H groups in total. The molecular formula is C17H12N4O4S3. The molecule has 0 unspecified atom stereocenters. The summed E-state index contributed by atoms with van der Waals surface area (Å²) in [5.74, 6) is 0.450. The van der Waals surface area contributed by atoms with Crippen LogP contribution in [0, 0.1) is 0 Å². The Morgan fingerprint density at radius 1 is 1.18 bits per heavy atom. The Balaban J connectivity index is 1.48. The molecule has 0 aliphatic heterocycles. The fourth-order valence-electron chi connectivity index (χ4n) is 2.32. The maximum Gasteiger partial charge on any atom is 0.279 e. The highest BCUT2D eigenvalue weighted by atomic mass is 32.2. The summed E-state index contributed by atoms with van der Waals surface area (Å²) in [5.41, 5.74) is 0.781. The predicted octanol–water partition coefficient (Wildman–Crippen LogP) is 3.58. The van der Waals surface area contributed by atoms with E-state index in [0.717, 1.165) is 22.7 Å². The predicted molar refractivity (Wildman–Crippen MR) is 106 cm³/mol. The third kappa shape index (κ3) is 3.86. The molecule has 1 aromatic carbocycles. The van der Waals surface area contributed by atoms with Crippen LogP contribution >= 0.6 is 22.9 Å². The van der Waals surface area contributed by atoms with E-state index in [2.05, 4.69) is 19.8 Å². The highest BCUT2D eigenvalue weighted by Crippen LogP contribution is 2.26. The first-order valence-corrected chi connectivity index (χ1v) is 11.4. The van der Waals surface area contributed by atoms with E-state index >= 15 is 0 Å². The summed E-state index contributed by atoms with van der Waals surface area (Å²) in [5, 5.41) is 8.62. The SMILES string of the molecule is CS(=O)(=O)c1ccc(-c2nsc(NC(=O)c3cc(-c4cccs4)on3)n2)cc1. The molecule has 0 atom stereocenters. The minimum absolute atomic E-state index is 0.137. The molecule has 8 nitrogen and oxygen atoms in total. The highest BCUT2D eigenvalue weighted by Gasteiger charge is 2.17. The molecule has 0 saturated carbocycles. The van der Waals surface area contributed by atoms with Crippen molar-refractivity contribution >= 4 is 43.7 Å². The summed E-state index contributed by atoms with van der Waals surface area (Å²) in [6.07, 6.45) is 1.14. The second-order valence-electron chi connectivity index (χ2n) is 5.73. The van der Waals surface area contributed by atoms with Gasteiger partial charge in [-0.2, -0.15) is 9.36 Å². The number of rotatable bonds is 5. The fraction of sp³-hybridized carbons (Fsp3) is 0.0588. The van der Waals surface area contributed by atoms with Crippen molar-refractivity contribution in [3.8, 4) is 22.0 Å². The molecule has 0 aliphatic carbocycles. The number of carbonyl (C=O) groups excluding carboxylic acids is 1. The lowest BCUT2D eigenvalue weighted by molar-refractivity contribution is 0.101. The van der Waals surface area contributed by atoms with Gasteiger partial charge >= 0.3 is 0 Å². The number of carbonyl (C=O) groups is 1. The Morgan fingerprint density at radius 3 is 2.64 bits per heavy atom. The maximum atomic E-state index is 12.3. The van der Waals surface area contributed by atoms with E-state index in [-0.39, 0.29) is 10.6 Å². The Hall–Kier alpha value is -2.89. The summed E-state index contributed by atoms with van der Waals surface area (Å²) < 4.78 is 32.5. The molecule has 1 amide bonds. The van der Waals surface area contributed by atoms with Crippen LogP contribution in [0.5, 0.6) is 0 Å². The van der Waals surface area contributed by atoms with Gasteiger partial charge in [-0.3, -0.25) is 10.1 Å². The van der Waals surface area contributed by atoms with E-state index in [4.69, 9.17) is 4.52 Å². The van der Waals surface area contributed by atoms with Crippen LogP contribution in [0.25, 0.3) is 22.0 Å². The van der Waals surface area contributed by atoms with Gasteiger partial charge in [-0.15, -0.1) is 11.3 Å². The monoisotopic (exact) mass is 432 g/mol. The lowest BCUT2D eigenvalue weighted by Gasteiger charge is -1.99. The molecule has 0 aliphatic rings. The molecule has 3 aromatic heterocycles. The van der Waals surface area contributed by atoms with Gasteiger partial charge in [-0.25, -0.2) is 8.42 Å². The first kappa shape index (κ1) is 18.5. The highest BCUT2D eigenvalue weighted by molar-refractivity contribution is 7.90. The van der Waals surface area contributed by atoms with Crippen molar-refractivity contribution in [2.24, 2.45) is 0 Å². The van der Waals surface area contributed by atoms with Crippen LogP contribution in [0.2, 0.25) is 0 Å². The van der Waals surface area contributed by atoms with Crippen molar-refractivity contribution in [1.82, 2.24) is 14.5 Å².